The van der Waals surface area contributed by atoms with Crippen molar-refractivity contribution in [2.24, 2.45) is 0 Å². The van der Waals surface area contributed by atoms with Crippen LogP contribution in [0.15, 0.2) is 12.2 Å². The number of hydrogen-bond acceptors (Lipinski definition) is 7. The number of unbranched alkanes of at least 4 members (excludes halogenated alkanes) is 25. The number of esters is 2. The highest BCUT2D eigenvalue weighted by molar-refractivity contribution is 7.47. The quantitative estimate of drug-likeness (QED) is 0.0288. The van der Waals surface area contributed by atoms with E-state index in [1.54, 1.807) is 6.92 Å². The molecular formula is C41H79O8P. The number of carbonyl (C=O) groups excluding carboxylic acids is 2. The Balaban J connectivity index is 4.00. The van der Waals surface area contributed by atoms with Crippen molar-refractivity contribution in [3.8, 4) is 0 Å². The van der Waals surface area contributed by atoms with Crippen molar-refractivity contribution < 1.29 is 37.6 Å². The molecular weight excluding hydrogens is 651 g/mol. The van der Waals surface area contributed by atoms with Gasteiger partial charge in [-0.3, -0.25) is 18.6 Å². The van der Waals surface area contributed by atoms with E-state index in [4.69, 9.17) is 18.5 Å². The third-order valence-corrected chi connectivity index (χ3v) is 10.1. The smallest absolute Gasteiger partial charge is 0.462 e. The van der Waals surface area contributed by atoms with Crippen molar-refractivity contribution in [3.63, 3.8) is 0 Å². The molecule has 0 aliphatic heterocycles. The molecule has 0 rings (SSSR count). The van der Waals surface area contributed by atoms with Crippen molar-refractivity contribution in [2.75, 3.05) is 19.8 Å². The lowest BCUT2D eigenvalue weighted by Crippen LogP contribution is -2.29. The third-order valence-electron chi connectivity index (χ3n) is 9.07. The predicted octanol–water partition coefficient (Wildman–Crippen LogP) is 12.9. The highest BCUT2D eigenvalue weighted by Crippen LogP contribution is 2.43. The maximum Gasteiger partial charge on any atom is 0.472 e. The summed E-state index contributed by atoms with van der Waals surface area (Å²) in [5.41, 5.74) is 0. The maximum absolute atomic E-state index is 12.5. The molecule has 296 valence electrons. The van der Waals surface area contributed by atoms with E-state index in [2.05, 4.69) is 26.0 Å². The number of phosphoric acid groups is 1. The molecule has 0 spiro atoms. The van der Waals surface area contributed by atoms with Crippen LogP contribution in [-0.4, -0.2) is 42.8 Å². The van der Waals surface area contributed by atoms with Gasteiger partial charge in [-0.05, 0) is 39.0 Å². The van der Waals surface area contributed by atoms with E-state index in [1.807, 2.05) is 0 Å². The van der Waals surface area contributed by atoms with Gasteiger partial charge in [0.1, 0.15) is 6.61 Å². The molecule has 0 amide bonds. The summed E-state index contributed by atoms with van der Waals surface area (Å²) in [4.78, 5) is 34.6. The summed E-state index contributed by atoms with van der Waals surface area (Å²) in [6, 6.07) is 0. The zero-order valence-corrected chi connectivity index (χ0v) is 33.7. The Morgan fingerprint density at radius 2 is 0.920 bits per heavy atom. The van der Waals surface area contributed by atoms with E-state index in [-0.39, 0.29) is 25.6 Å². The number of carbonyl (C=O) groups is 2. The highest BCUT2D eigenvalue weighted by Gasteiger charge is 2.25. The molecule has 9 heteroatoms. The first-order chi connectivity index (χ1) is 24.3. The lowest BCUT2D eigenvalue weighted by Gasteiger charge is -2.19. The molecule has 2 atom stereocenters. The van der Waals surface area contributed by atoms with Gasteiger partial charge in [-0.15, -0.1) is 0 Å². The molecule has 0 aromatic rings. The number of rotatable bonds is 39. The third kappa shape index (κ3) is 36.6. The van der Waals surface area contributed by atoms with Crippen LogP contribution in [0.4, 0.5) is 0 Å². The van der Waals surface area contributed by atoms with Gasteiger partial charge in [0.15, 0.2) is 6.10 Å². The second kappa shape index (κ2) is 37.5. The minimum Gasteiger partial charge on any atom is -0.462 e. The molecule has 0 heterocycles. The van der Waals surface area contributed by atoms with Crippen molar-refractivity contribution in [2.45, 2.75) is 219 Å². The molecule has 0 aliphatic carbocycles. The van der Waals surface area contributed by atoms with Gasteiger partial charge in [-0.1, -0.05) is 174 Å². The molecule has 50 heavy (non-hydrogen) atoms. The molecule has 1 N–H and O–H groups in total. The largest absolute Gasteiger partial charge is 0.472 e. The summed E-state index contributed by atoms with van der Waals surface area (Å²) >= 11 is 0. The van der Waals surface area contributed by atoms with E-state index in [1.165, 1.54) is 116 Å². The van der Waals surface area contributed by atoms with Gasteiger partial charge >= 0.3 is 19.8 Å². The summed E-state index contributed by atoms with van der Waals surface area (Å²) < 4.78 is 32.6. The van der Waals surface area contributed by atoms with Crippen LogP contribution in [0.5, 0.6) is 0 Å². The van der Waals surface area contributed by atoms with E-state index in [0.29, 0.717) is 12.8 Å². The Morgan fingerprint density at radius 1 is 0.520 bits per heavy atom. The summed E-state index contributed by atoms with van der Waals surface area (Å²) in [5, 5.41) is 0. The lowest BCUT2D eigenvalue weighted by molar-refractivity contribution is -0.161. The fourth-order valence-corrected chi connectivity index (χ4v) is 6.72. The van der Waals surface area contributed by atoms with Crippen LogP contribution in [0.2, 0.25) is 0 Å². The van der Waals surface area contributed by atoms with E-state index >= 15 is 0 Å². The minimum absolute atomic E-state index is 0.00179. The zero-order valence-electron chi connectivity index (χ0n) is 32.8. The summed E-state index contributed by atoms with van der Waals surface area (Å²) in [6.07, 6.45) is 38.4. The van der Waals surface area contributed by atoms with Crippen LogP contribution in [0.1, 0.15) is 213 Å². The molecule has 0 aromatic carbocycles. The van der Waals surface area contributed by atoms with Gasteiger partial charge in [-0.25, -0.2) is 4.57 Å². The minimum atomic E-state index is -4.27. The molecule has 0 fully saturated rings. The summed E-state index contributed by atoms with van der Waals surface area (Å²) in [5.74, 6) is -0.799. The van der Waals surface area contributed by atoms with Gasteiger partial charge in [-0.2, -0.15) is 0 Å². The second-order valence-corrected chi connectivity index (χ2v) is 15.5. The molecule has 0 saturated carbocycles. The van der Waals surface area contributed by atoms with Crippen LogP contribution in [0.3, 0.4) is 0 Å². The fraction of sp³-hybridized carbons (Fsp3) is 0.902. The average Bonchev–Trinajstić information content (AvgIpc) is 3.09. The predicted molar refractivity (Wildman–Crippen MR) is 207 cm³/mol. The first-order valence-electron chi connectivity index (χ1n) is 21.0. The molecule has 0 aliphatic rings. The Hall–Kier alpha value is -1.21. The standard InChI is InChI=1S/C41H79O8P/c1-4-7-9-11-13-15-17-18-19-20-21-22-23-24-26-27-29-31-33-35-40(42)46-37-39(38-48-50(44,45)47-6-3)49-41(43)36-34-32-30-28-25-16-14-12-10-8-5-2/h12,14,39H,4-11,13,15-38H2,1-3H3,(H,44,45)/b14-12-. The Bertz CT molecular complexity index is 833. The SMILES string of the molecule is CCCC/C=C\CCCCCCCC(=O)OC(COC(=O)CCCCCCCCCCCCCCCCCCCCC)COP(=O)(O)OCC. The highest BCUT2D eigenvalue weighted by atomic mass is 31.2. The molecule has 2 unspecified atom stereocenters. The van der Waals surface area contributed by atoms with Crippen LogP contribution in [0, 0.1) is 0 Å². The molecule has 0 radical (unpaired) electrons. The Labute approximate surface area is 308 Å². The van der Waals surface area contributed by atoms with Crippen molar-refractivity contribution in [3.05, 3.63) is 12.2 Å². The molecule has 0 saturated heterocycles. The molecule has 0 bridgehead atoms. The monoisotopic (exact) mass is 731 g/mol. The molecule has 8 nitrogen and oxygen atoms in total. The first-order valence-corrected chi connectivity index (χ1v) is 22.5. The van der Waals surface area contributed by atoms with Crippen molar-refractivity contribution in [1.82, 2.24) is 0 Å². The topological polar surface area (TPSA) is 108 Å². The van der Waals surface area contributed by atoms with Gasteiger partial charge in [0.25, 0.3) is 0 Å². The molecule has 0 aromatic heterocycles. The van der Waals surface area contributed by atoms with Gasteiger partial charge in [0.2, 0.25) is 0 Å². The van der Waals surface area contributed by atoms with Gasteiger partial charge in [0.05, 0.1) is 13.2 Å². The van der Waals surface area contributed by atoms with Crippen LogP contribution in [-0.2, 0) is 32.7 Å². The number of hydrogen-bond donors (Lipinski definition) is 1. The van der Waals surface area contributed by atoms with Crippen LogP contribution < -0.4 is 0 Å². The van der Waals surface area contributed by atoms with Gasteiger partial charge < -0.3 is 14.4 Å². The number of ether oxygens (including phenoxy) is 2. The summed E-state index contributed by atoms with van der Waals surface area (Å²) in [6.45, 7) is 5.45. The zero-order chi connectivity index (χ0) is 36.8. The van der Waals surface area contributed by atoms with E-state index in [0.717, 1.165) is 57.8 Å². The Kier molecular flexibility index (Phi) is 36.6. The van der Waals surface area contributed by atoms with Crippen molar-refractivity contribution in [1.29, 1.82) is 0 Å². The second-order valence-electron chi connectivity index (χ2n) is 14.0. The van der Waals surface area contributed by atoms with Crippen molar-refractivity contribution >= 4 is 19.8 Å². The van der Waals surface area contributed by atoms with Crippen LogP contribution >= 0.6 is 7.82 Å². The van der Waals surface area contributed by atoms with Gasteiger partial charge in [0, 0.05) is 12.8 Å². The summed E-state index contributed by atoms with van der Waals surface area (Å²) in [7, 11) is -4.27. The van der Waals surface area contributed by atoms with E-state index < -0.39 is 26.5 Å². The first kappa shape index (κ1) is 48.8. The number of phosphoric ester groups is 1. The fourth-order valence-electron chi connectivity index (χ4n) is 5.96. The lowest BCUT2D eigenvalue weighted by atomic mass is 10.0. The number of allylic oxidation sites excluding steroid dienone is 2. The maximum atomic E-state index is 12.5. The Morgan fingerprint density at radius 3 is 1.38 bits per heavy atom. The van der Waals surface area contributed by atoms with Crippen LogP contribution in [0.25, 0.3) is 0 Å². The normalized spacial score (nSPS) is 13.4. The van der Waals surface area contributed by atoms with E-state index in [9.17, 15) is 19.0 Å². The average molecular weight is 731 g/mol.